The number of hydrogen-bond donors (Lipinski definition) is 6. The summed E-state index contributed by atoms with van der Waals surface area (Å²) in [4.78, 5) is 27.5. The van der Waals surface area contributed by atoms with Gasteiger partial charge in [0.1, 0.15) is 18.3 Å². The van der Waals surface area contributed by atoms with Crippen LogP contribution in [0.2, 0.25) is 0 Å². The number of fused-ring (bicyclic) bond motifs is 1. The van der Waals surface area contributed by atoms with E-state index in [2.05, 4.69) is 39.9 Å². The standard InChI is InChI=1S/C30H35N7O6/c38-16-22-24(39)25(40)28(43-22)37-17-32-23-26(31-14-21(18-8-3-1-4-9-18)19-10-5-2-6-11-19)34-29(35-27(23)37)36-13-7-12-20(15-36)33-30(41)42/h1-6,8-11,17,20-22,24-25,28,33,38-40H,7,12-16H2,(H,41,42)(H,31,34,35)/t20?,22-,24-,25-,28-/m1/s1. The van der Waals surface area contributed by atoms with Crippen LogP contribution in [-0.2, 0) is 4.74 Å². The number of aliphatic hydroxyl groups excluding tert-OH is 3. The topological polar surface area (TPSA) is 178 Å². The van der Waals surface area contributed by atoms with Crippen molar-refractivity contribution in [3.8, 4) is 0 Å². The summed E-state index contributed by atoms with van der Waals surface area (Å²) >= 11 is 0. The molecule has 5 atom stereocenters. The zero-order valence-electron chi connectivity index (χ0n) is 23.4. The van der Waals surface area contributed by atoms with E-state index in [1.165, 1.54) is 10.9 Å². The van der Waals surface area contributed by atoms with Gasteiger partial charge in [0.2, 0.25) is 5.95 Å². The highest BCUT2D eigenvalue weighted by atomic mass is 16.6. The van der Waals surface area contributed by atoms with Crippen LogP contribution in [-0.4, -0.2) is 96.6 Å². The molecule has 226 valence electrons. The van der Waals surface area contributed by atoms with Crippen LogP contribution in [0.3, 0.4) is 0 Å². The Bertz CT molecular complexity index is 1500. The van der Waals surface area contributed by atoms with Crippen molar-refractivity contribution in [1.29, 1.82) is 0 Å². The maximum Gasteiger partial charge on any atom is 0.404 e. The molecule has 2 aromatic heterocycles. The van der Waals surface area contributed by atoms with Gasteiger partial charge >= 0.3 is 6.09 Å². The molecule has 4 heterocycles. The van der Waals surface area contributed by atoms with Crippen LogP contribution in [0.4, 0.5) is 16.6 Å². The number of anilines is 2. The second-order valence-corrected chi connectivity index (χ2v) is 10.9. The number of rotatable bonds is 9. The van der Waals surface area contributed by atoms with Crippen molar-refractivity contribution in [2.75, 3.05) is 36.5 Å². The van der Waals surface area contributed by atoms with Crippen LogP contribution in [0.15, 0.2) is 67.0 Å². The number of imidazole rings is 1. The summed E-state index contributed by atoms with van der Waals surface area (Å²) in [5, 5.41) is 46.1. The van der Waals surface area contributed by atoms with Gasteiger partial charge in [-0.3, -0.25) is 4.57 Å². The lowest BCUT2D eigenvalue weighted by molar-refractivity contribution is -0.0511. The fourth-order valence-corrected chi connectivity index (χ4v) is 5.91. The normalized spacial score (nSPS) is 24.0. The molecular formula is C30H35N7O6. The Morgan fingerprint density at radius 3 is 2.35 bits per heavy atom. The highest BCUT2D eigenvalue weighted by molar-refractivity contribution is 5.84. The number of amides is 1. The molecule has 43 heavy (non-hydrogen) atoms. The van der Waals surface area contributed by atoms with E-state index >= 15 is 0 Å². The fraction of sp³-hybridized carbons (Fsp3) is 0.400. The number of nitrogens with zero attached hydrogens (tertiary/aromatic N) is 5. The van der Waals surface area contributed by atoms with Crippen molar-refractivity contribution in [3.63, 3.8) is 0 Å². The van der Waals surface area contributed by atoms with Crippen LogP contribution in [0, 0.1) is 0 Å². The van der Waals surface area contributed by atoms with Gasteiger partial charge in [0.25, 0.3) is 0 Å². The molecule has 1 amide bonds. The Labute approximate surface area is 247 Å². The SMILES string of the molecule is O=C(O)NC1CCCN(c2nc(NCC(c3ccccc3)c3ccccc3)c3ncn([C@@H]4O[C@H](CO)[C@@H](O)[C@H]4O)c3n2)C1. The molecule has 4 aromatic rings. The first kappa shape index (κ1) is 28.8. The number of piperidine rings is 1. The molecule has 2 aromatic carbocycles. The predicted octanol–water partition coefficient (Wildman–Crippen LogP) is 1.92. The molecule has 2 aliphatic heterocycles. The first-order chi connectivity index (χ1) is 20.9. The number of benzene rings is 2. The van der Waals surface area contributed by atoms with Crippen LogP contribution >= 0.6 is 0 Å². The number of aliphatic hydroxyl groups is 3. The number of aromatic nitrogens is 4. The van der Waals surface area contributed by atoms with Crippen molar-refractivity contribution in [2.45, 2.75) is 49.3 Å². The molecule has 0 saturated carbocycles. The van der Waals surface area contributed by atoms with Gasteiger partial charge in [-0.2, -0.15) is 9.97 Å². The van der Waals surface area contributed by atoms with Crippen molar-refractivity contribution >= 4 is 29.0 Å². The molecule has 0 bridgehead atoms. The van der Waals surface area contributed by atoms with Gasteiger partial charge in [-0.15, -0.1) is 0 Å². The number of hydrogen-bond acceptors (Lipinski definition) is 10. The van der Waals surface area contributed by atoms with E-state index in [1.54, 1.807) is 0 Å². The maximum absolute atomic E-state index is 11.3. The third-order valence-corrected chi connectivity index (χ3v) is 8.11. The number of ether oxygens (including phenoxy) is 1. The Morgan fingerprint density at radius 2 is 1.72 bits per heavy atom. The van der Waals surface area contributed by atoms with E-state index in [-0.39, 0.29) is 12.0 Å². The van der Waals surface area contributed by atoms with Gasteiger partial charge in [0, 0.05) is 31.6 Å². The van der Waals surface area contributed by atoms with Crippen LogP contribution in [0.25, 0.3) is 11.2 Å². The van der Waals surface area contributed by atoms with E-state index < -0.39 is 37.2 Å². The van der Waals surface area contributed by atoms with Crippen LogP contribution in [0.1, 0.15) is 36.1 Å². The van der Waals surface area contributed by atoms with Crippen LogP contribution in [0.5, 0.6) is 0 Å². The second-order valence-electron chi connectivity index (χ2n) is 10.9. The largest absolute Gasteiger partial charge is 0.465 e. The average molecular weight is 590 g/mol. The van der Waals surface area contributed by atoms with E-state index in [0.29, 0.717) is 49.0 Å². The van der Waals surface area contributed by atoms with E-state index in [0.717, 1.165) is 17.5 Å². The first-order valence-electron chi connectivity index (χ1n) is 14.4. The summed E-state index contributed by atoms with van der Waals surface area (Å²) in [6.45, 7) is 1.04. The third kappa shape index (κ3) is 5.97. The molecular weight excluding hydrogens is 554 g/mol. The van der Waals surface area contributed by atoms with Crippen molar-refractivity contribution in [1.82, 2.24) is 24.8 Å². The summed E-state index contributed by atoms with van der Waals surface area (Å²) < 4.78 is 7.33. The lowest BCUT2D eigenvalue weighted by Crippen LogP contribution is -2.48. The molecule has 6 rings (SSSR count). The Hall–Kier alpha value is -4.30. The van der Waals surface area contributed by atoms with Crippen molar-refractivity contribution < 1.29 is 30.0 Å². The minimum absolute atomic E-state index is 0.00229. The monoisotopic (exact) mass is 589 g/mol. The first-order valence-corrected chi connectivity index (χ1v) is 14.4. The molecule has 2 fully saturated rings. The average Bonchev–Trinajstić information content (AvgIpc) is 3.58. The minimum atomic E-state index is -1.32. The van der Waals surface area contributed by atoms with Gasteiger partial charge in [-0.25, -0.2) is 9.78 Å². The zero-order valence-corrected chi connectivity index (χ0v) is 23.4. The Kier molecular flexibility index (Phi) is 8.38. The van der Waals surface area contributed by atoms with Gasteiger partial charge in [-0.05, 0) is 24.0 Å². The maximum atomic E-state index is 11.3. The molecule has 13 nitrogen and oxygen atoms in total. The third-order valence-electron chi connectivity index (χ3n) is 8.11. The van der Waals surface area contributed by atoms with Crippen molar-refractivity contribution in [2.24, 2.45) is 0 Å². The molecule has 0 radical (unpaired) electrons. The molecule has 2 aliphatic rings. The molecule has 13 heteroatoms. The van der Waals surface area contributed by atoms with Gasteiger partial charge < -0.3 is 40.7 Å². The summed E-state index contributed by atoms with van der Waals surface area (Å²) in [6.07, 6.45) is -2.75. The molecule has 0 spiro atoms. The summed E-state index contributed by atoms with van der Waals surface area (Å²) in [5.74, 6) is 0.838. The summed E-state index contributed by atoms with van der Waals surface area (Å²) in [7, 11) is 0. The van der Waals surface area contributed by atoms with E-state index in [9.17, 15) is 25.2 Å². The lowest BCUT2D eigenvalue weighted by atomic mass is 9.91. The molecule has 1 unspecified atom stereocenters. The van der Waals surface area contributed by atoms with E-state index in [1.807, 2.05) is 41.3 Å². The van der Waals surface area contributed by atoms with E-state index in [4.69, 9.17) is 14.7 Å². The quantitative estimate of drug-likeness (QED) is 0.168. The number of carboxylic acid groups (broad SMARTS) is 1. The van der Waals surface area contributed by atoms with Crippen LogP contribution < -0.4 is 15.5 Å². The molecule has 6 N–H and O–H groups in total. The second kappa shape index (κ2) is 12.5. The predicted molar refractivity (Wildman–Crippen MR) is 158 cm³/mol. The fourth-order valence-electron chi connectivity index (χ4n) is 5.91. The van der Waals surface area contributed by atoms with Crippen molar-refractivity contribution in [3.05, 3.63) is 78.1 Å². The molecule has 2 saturated heterocycles. The minimum Gasteiger partial charge on any atom is -0.465 e. The number of carbonyl (C=O) groups is 1. The summed E-state index contributed by atoms with van der Waals surface area (Å²) in [6, 6.07) is 20.0. The lowest BCUT2D eigenvalue weighted by Gasteiger charge is -2.32. The zero-order chi connectivity index (χ0) is 29.9. The van der Waals surface area contributed by atoms with Gasteiger partial charge in [0.15, 0.2) is 23.2 Å². The van der Waals surface area contributed by atoms with Gasteiger partial charge in [-0.1, -0.05) is 60.7 Å². The molecule has 0 aliphatic carbocycles. The summed E-state index contributed by atoms with van der Waals surface area (Å²) in [5.41, 5.74) is 3.06. The Balaban J connectivity index is 1.38. The highest BCUT2D eigenvalue weighted by Crippen LogP contribution is 2.34. The highest BCUT2D eigenvalue weighted by Gasteiger charge is 2.44. The smallest absolute Gasteiger partial charge is 0.404 e. The Morgan fingerprint density at radius 1 is 1.02 bits per heavy atom. The number of nitrogens with one attached hydrogen (secondary N) is 2. The van der Waals surface area contributed by atoms with Gasteiger partial charge in [0.05, 0.1) is 12.9 Å².